The number of ketones is 2. The van der Waals surface area contributed by atoms with Crippen molar-refractivity contribution in [1.82, 2.24) is 0 Å². The van der Waals surface area contributed by atoms with Crippen LogP contribution in [0.15, 0.2) is 72.8 Å². The molecule has 0 aliphatic heterocycles. The van der Waals surface area contributed by atoms with E-state index in [4.69, 9.17) is 14.2 Å². The second-order valence-electron chi connectivity index (χ2n) is 6.60. The van der Waals surface area contributed by atoms with Crippen molar-refractivity contribution in [2.45, 2.75) is 6.92 Å². The molecule has 0 aromatic heterocycles. The fraction of sp³-hybridized carbons (Fsp3) is 0.154. The Kier molecular flexibility index (Phi) is 9.17. The highest BCUT2D eigenvalue weighted by Gasteiger charge is 2.09. The van der Waals surface area contributed by atoms with Gasteiger partial charge in [0.25, 0.3) is 0 Å². The molecule has 0 spiro atoms. The van der Waals surface area contributed by atoms with E-state index in [0.29, 0.717) is 11.3 Å². The summed E-state index contributed by atoms with van der Waals surface area (Å²) in [5.41, 5.74) is 1.56. The Hall–Kier alpha value is -3.93. The van der Waals surface area contributed by atoms with Crippen molar-refractivity contribution in [2.24, 2.45) is 0 Å². The van der Waals surface area contributed by atoms with Crippen molar-refractivity contribution in [3.63, 3.8) is 0 Å². The average molecular weight is 436 g/mol. The van der Waals surface area contributed by atoms with Gasteiger partial charge >= 0.3 is 0 Å². The number of allylic oxidation sites excluding steroid dienone is 1. The lowest BCUT2D eigenvalue weighted by Crippen LogP contribution is -1.99. The van der Waals surface area contributed by atoms with Gasteiger partial charge in [-0.15, -0.1) is 0 Å². The Morgan fingerprint density at radius 3 is 1.72 bits per heavy atom. The molecular formula is C26H25FO5. The molecule has 3 aromatic rings. The normalized spacial score (nSPS) is 10.2. The van der Waals surface area contributed by atoms with Gasteiger partial charge in [-0.05, 0) is 67.1 Å². The minimum Gasteiger partial charge on any atom is -0.497 e. The lowest BCUT2D eigenvalue weighted by Gasteiger charge is -2.02. The summed E-state index contributed by atoms with van der Waals surface area (Å²) < 4.78 is 28.6. The number of methoxy groups -OCH3 is 3. The zero-order valence-corrected chi connectivity index (χ0v) is 18.4. The van der Waals surface area contributed by atoms with Gasteiger partial charge in [-0.25, -0.2) is 4.39 Å². The smallest absolute Gasteiger partial charge is 0.188 e. The van der Waals surface area contributed by atoms with Gasteiger partial charge in [0.15, 0.2) is 11.6 Å². The Labute approximate surface area is 187 Å². The first-order chi connectivity index (χ1) is 15.4. The first kappa shape index (κ1) is 24.3. The molecule has 3 aromatic carbocycles. The zero-order chi connectivity index (χ0) is 23.5. The van der Waals surface area contributed by atoms with Crippen LogP contribution in [-0.4, -0.2) is 32.9 Å². The van der Waals surface area contributed by atoms with E-state index in [1.54, 1.807) is 69.7 Å². The molecule has 5 nitrogen and oxygen atoms in total. The second-order valence-corrected chi connectivity index (χ2v) is 6.60. The summed E-state index contributed by atoms with van der Waals surface area (Å²) in [6.45, 7) is 1.54. The largest absolute Gasteiger partial charge is 0.497 e. The van der Waals surface area contributed by atoms with E-state index < -0.39 is 11.6 Å². The monoisotopic (exact) mass is 436 g/mol. The first-order valence-corrected chi connectivity index (χ1v) is 9.73. The van der Waals surface area contributed by atoms with Crippen LogP contribution in [0.3, 0.4) is 0 Å². The van der Waals surface area contributed by atoms with Crippen LogP contribution in [0.25, 0.3) is 6.08 Å². The molecule has 6 heteroatoms. The third-order valence-electron chi connectivity index (χ3n) is 4.48. The van der Waals surface area contributed by atoms with Gasteiger partial charge in [0.05, 0.1) is 26.9 Å². The summed E-state index contributed by atoms with van der Waals surface area (Å²) in [4.78, 5) is 22.8. The van der Waals surface area contributed by atoms with E-state index in [1.807, 2.05) is 12.1 Å². The van der Waals surface area contributed by atoms with E-state index >= 15 is 0 Å². The summed E-state index contributed by atoms with van der Waals surface area (Å²) in [5, 5.41) is 0. The standard InChI is InChI=1S/C17H15FO3.C9H10O2/c1-20-13-6-3-12(4-7-13)5-10-17(19)15-9-8-14(21-2)11-16(15)18;1-7(10)8-3-5-9(11-2)6-4-8/h3-11H,1-2H3;3-6H,1-2H3. The van der Waals surface area contributed by atoms with E-state index in [0.717, 1.165) is 17.1 Å². The minimum atomic E-state index is -0.598. The summed E-state index contributed by atoms with van der Waals surface area (Å²) in [7, 11) is 4.63. The number of hydrogen-bond acceptors (Lipinski definition) is 5. The SMILES string of the molecule is COc1ccc(C(C)=O)cc1.COc1ccc(C=CC(=O)c2ccc(OC)cc2F)cc1. The van der Waals surface area contributed by atoms with Gasteiger partial charge < -0.3 is 14.2 Å². The Balaban J connectivity index is 0.000000278. The maximum absolute atomic E-state index is 13.8. The van der Waals surface area contributed by atoms with Crippen molar-refractivity contribution in [1.29, 1.82) is 0 Å². The molecule has 0 amide bonds. The molecule has 0 aliphatic rings. The van der Waals surface area contributed by atoms with Crippen molar-refractivity contribution < 1.29 is 28.2 Å². The highest BCUT2D eigenvalue weighted by Crippen LogP contribution is 2.18. The number of ether oxygens (including phenoxy) is 3. The fourth-order valence-corrected chi connectivity index (χ4v) is 2.63. The highest BCUT2D eigenvalue weighted by atomic mass is 19.1. The quantitative estimate of drug-likeness (QED) is 0.354. The second kappa shape index (κ2) is 12.1. The van der Waals surface area contributed by atoms with Gasteiger partial charge in [-0.2, -0.15) is 0 Å². The topological polar surface area (TPSA) is 61.8 Å². The number of hydrogen-bond donors (Lipinski definition) is 0. The van der Waals surface area contributed by atoms with Crippen LogP contribution >= 0.6 is 0 Å². The Bertz CT molecular complexity index is 1070. The molecule has 0 atom stereocenters. The Morgan fingerprint density at radius 1 is 0.750 bits per heavy atom. The van der Waals surface area contributed by atoms with E-state index in [2.05, 4.69) is 0 Å². The van der Waals surface area contributed by atoms with Crippen LogP contribution in [0.5, 0.6) is 17.2 Å². The summed E-state index contributed by atoms with van der Waals surface area (Å²) in [6.07, 6.45) is 2.97. The van der Waals surface area contributed by atoms with Crippen LogP contribution < -0.4 is 14.2 Å². The lowest BCUT2D eigenvalue weighted by atomic mass is 10.1. The van der Waals surface area contributed by atoms with Crippen molar-refractivity contribution >= 4 is 17.6 Å². The van der Waals surface area contributed by atoms with Gasteiger partial charge in [0.1, 0.15) is 23.1 Å². The summed E-state index contributed by atoms with van der Waals surface area (Å²) in [5.74, 6) is 0.968. The van der Waals surface area contributed by atoms with Gasteiger partial charge in [0.2, 0.25) is 0 Å². The van der Waals surface area contributed by atoms with Crippen molar-refractivity contribution in [3.05, 3.63) is 95.3 Å². The molecule has 0 saturated carbocycles. The molecular weight excluding hydrogens is 411 g/mol. The summed E-state index contributed by atoms with van der Waals surface area (Å²) in [6, 6.07) is 18.4. The van der Waals surface area contributed by atoms with E-state index in [9.17, 15) is 14.0 Å². The van der Waals surface area contributed by atoms with Crippen LogP contribution in [0.4, 0.5) is 4.39 Å². The number of carbonyl (C=O) groups is 2. The predicted molar refractivity (Wildman–Crippen MR) is 122 cm³/mol. The van der Waals surface area contributed by atoms with Gasteiger partial charge in [-0.3, -0.25) is 9.59 Å². The van der Waals surface area contributed by atoms with Crippen molar-refractivity contribution in [2.75, 3.05) is 21.3 Å². The molecule has 0 fully saturated rings. The zero-order valence-electron chi connectivity index (χ0n) is 18.4. The minimum absolute atomic E-state index is 0.0144. The molecule has 0 bridgehead atoms. The third kappa shape index (κ3) is 7.09. The molecule has 166 valence electrons. The fourth-order valence-electron chi connectivity index (χ4n) is 2.63. The van der Waals surface area contributed by atoms with E-state index in [1.165, 1.54) is 25.3 Å². The molecule has 32 heavy (non-hydrogen) atoms. The van der Waals surface area contributed by atoms with Crippen LogP contribution in [0.1, 0.15) is 33.2 Å². The molecule has 0 N–H and O–H groups in total. The molecule has 0 unspecified atom stereocenters. The number of Topliss-reactive ketones (excluding diaryl/α,β-unsaturated/α-hetero) is 1. The number of rotatable bonds is 7. The molecule has 0 saturated heterocycles. The molecule has 0 radical (unpaired) electrons. The maximum atomic E-state index is 13.8. The molecule has 0 heterocycles. The van der Waals surface area contributed by atoms with Gasteiger partial charge in [0, 0.05) is 11.6 Å². The van der Waals surface area contributed by atoms with Crippen LogP contribution in [0, 0.1) is 5.82 Å². The van der Waals surface area contributed by atoms with Crippen molar-refractivity contribution in [3.8, 4) is 17.2 Å². The van der Waals surface area contributed by atoms with Crippen LogP contribution in [0.2, 0.25) is 0 Å². The van der Waals surface area contributed by atoms with E-state index in [-0.39, 0.29) is 11.3 Å². The third-order valence-corrected chi connectivity index (χ3v) is 4.48. The number of halogens is 1. The maximum Gasteiger partial charge on any atom is 0.188 e. The number of benzene rings is 3. The molecule has 3 rings (SSSR count). The highest BCUT2D eigenvalue weighted by molar-refractivity contribution is 6.07. The molecule has 0 aliphatic carbocycles. The lowest BCUT2D eigenvalue weighted by molar-refractivity contribution is 0.101. The van der Waals surface area contributed by atoms with Crippen LogP contribution in [-0.2, 0) is 0 Å². The Morgan fingerprint density at radius 2 is 1.25 bits per heavy atom. The average Bonchev–Trinajstić information content (AvgIpc) is 2.83. The summed E-state index contributed by atoms with van der Waals surface area (Å²) >= 11 is 0. The first-order valence-electron chi connectivity index (χ1n) is 9.73. The predicted octanol–water partition coefficient (Wildman–Crippen LogP) is 5.64. The van der Waals surface area contributed by atoms with Gasteiger partial charge in [-0.1, -0.05) is 18.2 Å². The number of carbonyl (C=O) groups excluding carboxylic acids is 2.